The van der Waals surface area contributed by atoms with Gasteiger partial charge in [-0.15, -0.1) is 0 Å². The number of para-hydroxylation sites is 1. The molecule has 31 heavy (non-hydrogen) atoms. The van der Waals surface area contributed by atoms with Gasteiger partial charge in [-0.2, -0.15) is 0 Å². The number of nitrogens with one attached hydrogen (secondary N) is 3. The molecule has 0 aliphatic carbocycles. The molecule has 2 aromatic rings. The van der Waals surface area contributed by atoms with Gasteiger partial charge in [0.25, 0.3) is 0 Å². The molecule has 0 unspecified atom stereocenters. The first-order valence-corrected chi connectivity index (χ1v) is 9.22. The molecule has 12 heteroatoms. The highest BCUT2D eigenvalue weighted by Crippen LogP contribution is 2.18. The maximum Gasteiger partial charge on any atom is 0.326 e. The first-order valence-electron chi connectivity index (χ1n) is 9.22. The molecule has 3 atom stereocenters. The van der Waals surface area contributed by atoms with Crippen LogP contribution < -0.4 is 22.1 Å². The number of hydrogen-bond donors (Lipinski definition) is 7. The number of benzene rings is 1. The molecule has 1 heterocycles. The predicted octanol–water partition coefficient (Wildman–Crippen LogP) is -1.56. The van der Waals surface area contributed by atoms with Crippen LogP contribution in [0.2, 0.25) is 0 Å². The summed E-state index contributed by atoms with van der Waals surface area (Å²) in [6.07, 6.45) is 0.307. The Hall–Kier alpha value is -3.93. The van der Waals surface area contributed by atoms with E-state index in [1.54, 1.807) is 6.20 Å². The second-order valence-corrected chi connectivity index (χ2v) is 6.90. The number of aliphatic carboxylic acids is 2. The minimum absolute atomic E-state index is 0.123. The monoisotopic (exact) mass is 433 g/mol. The second kappa shape index (κ2) is 10.2. The number of primary amides is 1. The maximum absolute atomic E-state index is 12.5. The van der Waals surface area contributed by atoms with Gasteiger partial charge in [0, 0.05) is 17.1 Å². The van der Waals surface area contributed by atoms with Crippen molar-refractivity contribution in [2.24, 2.45) is 11.5 Å². The van der Waals surface area contributed by atoms with Crippen LogP contribution in [0.3, 0.4) is 0 Å². The number of carbonyl (C=O) groups is 5. The fourth-order valence-electron chi connectivity index (χ4n) is 2.97. The van der Waals surface area contributed by atoms with Gasteiger partial charge in [-0.25, -0.2) is 4.79 Å². The lowest BCUT2D eigenvalue weighted by molar-refractivity contribution is -0.147. The summed E-state index contributed by atoms with van der Waals surface area (Å²) in [5, 5.41) is 23.0. The van der Waals surface area contributed by atoms with Crippen LogP contribution in [0, 0.1) is 0 Å². The minimum atomic E-state index is -1.75. The van der Waals surface area contributed by atoms with Crippen molar-refractivity contribution >= 4 is 40.6 Å². The molecule has 0 spiro atoms. The Morgan fingerprint density at radius 3 is 2.23 bits per heavy atom. The van der Waals surface area contributed by atoms with Crippen LogP contribution >= 0.6 is 0 Å². The lowest BCUT2D eigenvalue weighted by atomic mass is 10.0. The summed E-state index contributed by atoms with van der Waals surface area (Å²) in [7, 11) is 0. The second-order valence-electron chi connectivity index (χ2n) is 6.90. The summed E-state index contributed by atoms with van der Waals surface area (Å²) < 4.78 is 0. The number of H-pyrrole nitrogens is 1. The Kier molecular flexibility index (Phi) is 7.69. The number of carbonyl (C=O) groups excluding carboxylic acids is 3. The smallest absolute Gasteiger partial charge is 0.326 e. The van der Waals surface area contributed by atoms with Crippen LogP contribution in [-0.2, 0) is 30.4 Å². The third-order valence-electron chi connectivity index (χ3n) is 4.48. The summed E-state index contributed by atoms with van der Waals surface area (Å²) in [6.45, 7) is 0. The highest BCUT2D eigenvalue weighted by atomic mass is 16.4. The third kappa shape index (κ3) is 6.54. The molecule has 0 radical (unpaired) electrons. The maximum atomic E-state index is 12.5. The van der Waals surface area contributed by atoms with E-state index in [0.717, 1.165) is 16.5 Å². The Balaban J connectivity index is 2.08. The molecule has 1 aromatic heterocycles. The normalized spacial score (nSPS) is 13.7. The fourth-order valence-corrected chi connectivity index (χ4v) is 2.97. The molecule has 3 amide bonds. The van der Waals surface area contributed by atoms with Gasteiger partial charge < -0.3 is 37.3 Å². The van der Waals surface area contributed by atoms with E-state index in [-0.39, 0.29) is 6.42 Å². The molecule has 0 aliphatic heterocycles. The number of hydrogen-bond acceptors (Lipinski definition) is 6. The van der Waals surface area contributed by atoms with Crippen LogP contribution in [-0.4, -0.2) is 63.0 Å². The molecule has 0 saturated carbocycles. The number of aromatic amines is 1. The van der Waals surface area contributed by atoms with E-state index in [1.165, 1.54) is 0 Å². The van der Waals surface area contributed by atoms with Crippen molar-refractivity contribution in [2.75, 3.05) is 0 Å². The number of carboxylic acids is 2. The highest BCUT2D eigenvalue weighted by molar-refractivity contribution is 5.95. The summed E-state index contributed by atoms with van der Waals surface area (Å²) in [6, 6.07) is 3.02. The average Bonchev–Trinajstić information content (AvgIpc) is 3.09. The van der Waals surface area contributed by atoms with Gasteiger partial charge >= 0.3 is 11.9 Å². The van der Waals surface area contributed by atoms with E-state index < -0.39 is 60.6 Å². The van der Waals surface area contributed by atoms with Crippen molar-refractivity contribution in [1.29, 1.82) is 0 Å². The van der Waals surface area contributed by atoms with Crippen molar-refractivity contribution in [3.05, 3.63) is 36.0 Å². The van der Waals surface area contributed by atoms with Gasteiger partial charge in [0.15, 0.2) is 0 Å². The molecule has 0 bridgehead atoms. The molecule has 2 rings (SSSR count). The molecule has 12 nitrogen and oxygen atoms in total. The Labute approximate surface area is 176 Å². The zero-order valence-electron chi connectivity index (χ0n) is 16.3. The van der Waals surface area contributed by atoms with Crippen LogP contribution in [0.4, 0.5) is 0 Å². The minimum Gasteiger partial charge on any atom is -0.481 e. The molecule has 0 fully saturated rings. The van der Waals surface area contributed by atoms with E-state index in [4.69, 9.17) is 21.7 Å². The number of nitrogens with two attached hydrogens (primary N) is 2. The van der Waals surface area contributed by atoms with Crippen LogP contribution in [0.1, 0.15) is 18.4 Å². The van der Waals surface area contributed by atoms with E-state index in [9.17, 15) is 24.0 Å². The van der Waals surface area contributed by atoms with Crippen molar-refractivity contribution in [1.82, 2.24) is 15.6 Å². The summed E-state index contributed by atoms with van der Waals surface area (Å²) in [5.41, 5.74) is 12.7. The molecule has 1 aromatic carbocycles. The standard InChI is InChI=1S/C19H23N5O7/c20-11(5-9-8-22-12-4-2-1-3-10(9)12)17(28)23-13(6-15(21)25)18(29)24-14(19(30)31)7-16(26)27/h1-4,8,11,13-14,22H,5-7,20H2,(H2,21,25)(H,23,28)(H,24,29)(H,26,27)(H,30,31)/t11-,13-,14-/m0/s1. The lowest BCUT2D eigenvalue weighted by Gasteiger charge is -2.21. The average molecular weight is 433 g/mol. The Morgan fingerprint density at radius 2 is 1.61 bits per heavy atom. The van der Waals surface area contributed by atoms with E-state index in [0.29, 0.717) is 0 Å². The van der Waals surface area contributed by atoms with Crippen LogP contribution in [0.5, 0.6) is 0 Å². The summed E-state index contributed by atoms with van der Waals surface area (Å²) >= 11 is 0. The zero-order valence-corrected chi connectivity index (χ0v) is 16.3. The van der Waals surface area contributed by atoms with E-state index in [1.807, 2.05) is 29.6 Å². The van der Waals surface area contributed by atoms with Gasteiger partial charge in [0.2, 0.25) is 17.7 Å². The van der Waals surface area contributed by atoms with Crippen LogP contribution in [0.25, 0.3) is 10.9 Å². The van der Waals surface area contributed by atoms with Gasteiger partial charge in [0.1, 0.15) is 12.1 Å². The Bertz CT molecular complexity index is 1000. The molecule has 0 saturated heterocycles. The molecule has 0 aliphatic rings. The van der Waals surface area contributed by atoms with Gasteiger partial charge in [-0.1, -0.05) is 18.2 Å². The van der Waals surface area contributed by atoms with Crippen molar-refractivity contribution in [3.8, 4) is 0 Å². The quantitative estimate of drug-likeness (QED) is 0.219. The lowest BCUT2D eigenvalue weighted by Crippen LogP contribution is -2.56. The van der Waals surface area contributed by atoms with Gasteiger partial charge in [-0.05, 0) is 18.1 Å². The van der Waals surface area contributed by atoms with E-state index in [2.05, 4.69) is 10.3 Å². The third-order valence-corrected chi connectivity index (χ3v) is 4.48. The topological polar surface area (TPSA) is 218 Å². The predicted molar refractivity (Wildman–Crippen MR) is 108 cm³/mol. The zero-order chi connectivity index (χ0) is 23.1. The first-order chi connectivity index (χ1) is 14.6. The van der Waals surface area contributed by atoms with Crippen LogP contribution in [0.15, 0.2) is 30.5 Å². The number of carboxylic acid groups (broad SMARTS) is 2. The summed E-state index contributed by atoms with van der Waals surface area (Å²) in [4.78, 5) is 61.2. The number of fused-ring (bicyclic) bond motifs is 1. The van der Waals surface area contributed by atoms with Crippen molar-refractivity contribution < 1.29 is 34.2 Å². The van der Waals surface area contributed by atoms with Gasteiger partial charge in [-0.3, -0.25) is 19.2 Å². The van der Waals surface area contributed by atoms with E-state index >= 15 is 0 Å². The molecular formula is C19H23N5O7. The molecular weight excluding hydrogens is 410 g/mol. The Morgan fingerprint density at radius 1 is 0.968 bits per heavy atom. The highest BCUT2D eigenvalue weighted by Gasteiger charge is 2.30. The van der Waals surface area contributed by atoms with Crippen molar-refractivity contribution in [2.45, 2.75) is 37.4 Å². The number of amides is 3. The van der Waals surface area contributed by atoms with Gasteiger partial charge in [0.05, 0.1) is 18.9 Å². The number of aromatic nitrogens is 1. The summed E-state index contributed by atoms with van der Waals surface area (Å²) in [5.74, 6) is -5.81. The molecule has 9 N–H and O–H groups in total. The fraction of sp³-hybridized carbons (Fsp3) is 0.316. The number of rotatable bonds is 11. The first kappa shape index (κ1) is 23.3. The SMILES string of the molecule is NC(=O)C[C@H](NC(=O)[C@@H](N)Cc1c[nH]c2ccccc12)C(=O)N[C@@H](CC(=O)O)C(=O)O. The molecule has 166 valence electrons. The van der Waals surface area contributed by atoms with Crippen molar-refractivity contribution in [3.63, 3.8) is 0 Å². The largest absolute Gasteiger partial charge is 0.481 e.